The van der Waals surface area contributed by atoms with Crippen LogP contribution in [0.2, 0.25) is 10.0 Å². The Bertz CT molecular complexity index is 1210. The summed E-state index contributed by atoms with van der Waals surface area (Å²) in [5.41, 5.74) is 2.10. The van der Waals surface area contributed by atoms with E-state index in [1.165, 1.54) is 13.2 Å². The van der Waals surface area contributed by atoms with Crippen LogP contribution in [0.5, 0.6) is 17.2 Å². The van der Waals surface area contributed by atoms with Crippen molar-refractivity contribution in [3.05, 3.63) is 93.0 Å². The molecule has 0 aliphatic rings. The molecule has 0 saturated carbocycles. The van der Waals surface area contributed by atoms with E-state index < -0.39 is 5.91 Å². The van der Waals surface area contributed by atoms with Crippen molar-refractivity contribution < 1.29 is 19.0 Å². The number of nitrogens with one attached hydrogen (secondary N) is 1. The number of hydrogen-bond acceptors (Lipinski definition) is 5. The molecule has 3 rings (SSSR count). The Morgan fingerprint density at radius 3 is 2.35 bits per heavy atom. The average molecular weight is 497 g/mol. The molecule has 0 aliphatic heterocycles. The number of amides is 1. The molecule has 3 aromatic carbocycles. The Morgan fingerprint density at radius 2 is 1.74 bits per heavy atom. The van der Waals surface area contributed by atoms with Gasteiger partial charge in [0.25, 0.3) is 5.91 Å². The van der Waals surface area contributed by atoms with E-state index in [1.54, 1.807) is 37.4 Å². The summed E-state index contributed by atoms with van der Waals surface area (Å²) in [6.45, 7) is 0.467. The number of nitrogens with zero attached hydrogens (tertiary/aromatic N) is 1. The highest BCUT2D eigenvalue weighted by molar-refractivity contribution is 6.37. The zero-order chi connectivity index (χ0) is 24.5. The van der Waals surface area contributed by atoms with E-state index in [4.69, 9.17) is 37.4 Å². The summed E-state index contributed by atoms with van der Waals surface area (Å²) in [6.07, 6.45) is 1.42. The molecule has 0 aliphatic carbocycles. The minimum atomic E-state index is -0.544. The molecule has 0 fully saturated rings. The first-order valence-electron chi connectivity index (χ1n) is 10.2. The number of ether oxygens (including phenoxy) is 3. The predicted molar refractivity (Wildman–Crippen MR) is 132 cm³/mol. The molecule has 1 N–H and O–H groups in total. The molecular formula is C26H22Cl2N2O4. The molecule has 0 spiro atoms. The van der Waals surface area contributed by atoms with Crippen molar-refractivity contribution in [1.29, 1.82) is 5.26 Å². The van der Waals surface area contributed by atoms with Crippen LogP contribution >= 0.6 is 23.2 Å². The van der Waals surface area contributed by atoms with Crippen LogP contribution in [0.1, 0.15) is 16.7 Å². The Hall–Kier alpha value is -3.66. The second-order valence-electron chi connectivity index (χ2n) is 7.12. The molecule has 174 valence electrons. The van der Waals surface area contributed by atoms with Crippen molar-refractivity contribution in [3.8, 4) is 23.3 Å². The summed E-state index contributed by atoms with van der Waals surface area (Å²) < 4.78 is 16.3. The fourth-order valence-corrected chi connectivity index (χ4v) is 3.73. The van der Waals surface area contributed by atoms with Gasteiger partial charge in [-0.3, -0.25) is 4.79 Å². The maximum atomic E-state index is 12.6. The van der Waals surface area contributed by atoms with Crippen LogP contribution in [0.4, 0.5) is 0 Å². The van der Waals surface area contributed by atoms with Crippen molar-refractivity contribution >= 4 is 35.2 Å². The normalized spacial score (nSPS) is 10.9. The zero-order valence-electron chi connectivity index (χ0n) is 18.6. The summed E-state index contributed by atoms with van der Waals surface area (Å²) in [5.74, 6) is 0.984. The summed E-state index contributed by atoms with van der Waals surface area (Å²) in [7, 11) is 3.09. The fraction of sp³-hybridized carbons (Fsp3) is 0.154. The third kappa shape index (κ3) is 6.44. The van der Waals surface area contributed by atoms with Crippen LogP contribution in [0.25, 0.3) is 6.08 Å². The minimum Gasteiger partial charge on any atom is -0.497 e. The molecule has 0 aromatic heterocycles. The summed E-state index contributed by atoms with van der Waals surface area (Å²) >= 11 is 12.7. The van der Waals surface area contributed by atoms with Crippen molar-refractivity contribution in [2.45, 2.75) is 13.2 Å². The van der Waals surface area contributed by atoms with E-state index in [0.717, 1.165) is 11.1 Å². The van der Waals surface area contributed by atoms with Crippen LogP contribution in [0.3, 0.4) is 0 Å². The van der Waals surface area contributed by atoms with E-state index in [2.05, 4.69) is 5.32 Å². The Kier molecular flexibility index (Phi) is 8.80. The predicted octanol–water partition coefficient (Wildman–Crippen LogP) is 5.81. The van der Waals surface area contributed by atoms with E-state index in [1.807, 2.05) is 36.4 Å². The van der Waals surface area contributed by atoms with Crippen LogP contribution in [0.15, 0.2) is 66.2 Å². The van der Waals surface area contributed by atoms with Gasteiger partial charge in [-0.1, -0.05) is 53.5 Å². The van der Waals surface area contributed by atoms with Crippen LogP contribution in [-0.4, -0.2) is 20.1 Å². The number of benzene rings is 3. The second-order valence-corrected chi connectivity index (χ2v) is 7.93. The van der Waals surface area contributed by atoms with Gasteiger partial charge < -0.3 is 19.5 Å². The van der Waals surface area contributed by atoms with E-state index in [0.29, 0.717) is 29.4 Å². The third-order valence-corrected chi connectivity index (χ3v) is 5.42. The minimum absolute atomic E-state index is 0.0995. The van der Waals surface area contributed by atoms with E-state index >= 15 is 0 Å². The first-order valence-corrected chi connectivity index (χ1v) is 11.0. The largest absolute Gasteiger partial charge is 0.497 e. The van der Waals surface area contributed by atoms with Gasteiger partial charge in [0.2, 0.25) is 0 Å². The molecule has 0 heterocycles. The van der Waals surface area contributed by atoms with Crippen molar-refractivity contribution in [3.63, 3.8) is 0 Å². The maximum Gasteiger partial charge on any atom is 0.262 e. The molecule has 0 radical (unpaired) electrons. The van der Waals surface area contributed by atoms with Gasteiger partial charge in [0.1, 0.15) is 29.7 Å². The molecule has 1 amide bonds. The molecule has 0 atom stereocenters. The lowest BCUT2D eigenvalue weighted by Crippen LogP contribution is -2.24. The highest BCUT2D eigenvalue weighted by atomic mass is 35.5. The highest BCUT2D eigenvalue weighted by Crippen LogP contribution is 2.35. The lowest BCUT2D eigenvalue weighted by Gasteiger charge is -2.12. The lowest BCUT2D eigenvalue weighted by atomic mass is 10.1. The molecular weight excluding hydrogens is 475 g/mol. The number of methoxy groups -OCH3 is 2. The number of halogens is 2. The Balaban J connectivity index is 1.72. The number of carbonyl (C=O) groups is 1. The molecule has 0 saturated heterocycles. The molecule has 8 heteroatoms. The van der Waals surface area contributed by atoms with Gasteiger partial charge in [-0.2, -0.15) is 5.26 Å². The monoisotopic (exact) mass is 496 g/mol. The van der Waals surface area contributed by atoms with Crippen LogP contribution in [0, 0.1) is 11.3 Å². The van der Waals surface area contributed by atoms with Gasteiger partial charge in [0, 0.05) is 18.2 Å². The molecule has 3 aromatic rings. The Morgan fingerprint density at radius 1 is 1.03 bits per heavy atom. The first kappa shape index (κ1) is 25.0. The zero-order valence-corrected chi connectivity index (χ0v) is 20.1. The molecule has 34 heavy (non-hydrogen) atoms. The standard InChI is InChI=1S/C26H22Cl2N2O4/c1-32-21-9-8-19(24(13-21)33-2)15-30-26(31)20(14-29)10-18-11-22(27)25(23(28)12-18)34-16-17-6-4-3-5-7-17/h3-13H,15-16H2,1-2H3,(H,30,31)/b20-10+. The van der Waals surface area contributed by atoms with Crippen molar-refractivity contribution in [2.24, 2.45) is 0 Å². The van der Waals surface area contributed by atoms with Gasteiger partial charge in [-0.05, 0) is 41.5 Å². The van der Waals surface area contributed by atoms with Gasteiger partial charge in [0.15, 0.2) is 5.75 Å². The molecule has 0 bridgehead atoms. The number of hydrogen-bond donors (Lipinski definition) is 1. The maximum absolute atomic E-state index is 12.6. The Labute approximate surface area is 208 Å². The summed E-state index contributed by atoms with van der Waals surface area (Å²) in [5, 5.41) is 12.8. The smallest absolute Gasteiger partial charge is 0.262 e. The van der Waals surface area contributed by atoms with Gasteiger partial charge in [0.05, 0.1) is 24.3 Å². The molecule has 0 unspecified atom stereocenters. The third-order valence-electron chi connectivity index (χ3n) is 4.86. The van der Waals surface area contributed by atoms with E-state index in [-0.39, 0.29) is 22.2 Å². The second kappa shape index (κ2) is 12.0. The van der Waals surface area contributed by atoms with Gasteiger partial charge >= 0.3 is 0 Å². The first-order chi connectivity index (χ1) is 16.4. The van der Waals surface area contributed by atoms with Gasteiger partial charge in [-0.25, -0.2) is 0 Å². The fourth-order valence-electron chi connectivity index (χ4n) is 3.11. The summed E-state index contributed by atoms with van der Waals surface area (Å²) in [6, 6.07) is 19.9. The quantitative estimate of drug-likeness (QED) is 0.298. The van der Waals surface area contributed by atoms with Crippen molar-refractivity contribution in [2.75, 3.05) is 14.2 Å². The van der Waals surface area contributed by atoms with Crippen LogP contribution < -0.4 is 19.5 Å². The van der Waals surface area contributed by atoms with E-state index in [9.17, 15) is 10.1 Å². The van der Waals surface area contributed by atoms with Crippen LogP contribution in [-0.2, 0) is 17.9 Å². The van der Waals surface area contributed by atoms with Gasteiger partial charge in [-0.15, -0.1) is 0 Å². The van der Waals surface area contributed by atoms with Crippen molar-refractivity contribution in [1.82, 2.24) is 5.32 Å². The topological polar surface area (TPSA) is 80.6 Å². The molecule has 6 nitrogen and oxygen atoms in total. The summed E-state index contributed by atoms with van der Waals surface area (Å²) in [4.78, 5) is 12.6. The highest BCUT2D eigenvalue weighted by Gasteiger charge is 2.14. The lowest BCUT2D eigenvalue weighted by molar-refractivity contribution is -0.117. The number of carbonyl (C=O) groups excluding carboxylic acids is 1. The number of rotatable bonds is 9. The number of nitriles is 1. The SMILES string of the molecule is COc1ccc(CNC(=O)/C(C#N)=C/c2cc(Cl)c(OCc3ccccc3)c(Cl)c2)c(OC)c1. The average Bonchev–Trinajstić information content (AvgIpc) is 2.85.